The summed E-state index contributed by atoms with van der Waals surface area (Å²) in [5.74, 6) is -0.250. The second kappa shape index (κ2) is 10.4. The van der Waals surface area contributed by atoms with Crippen molar-refractivity contribution in [3.63, 3.8) is 0 Å². The van der Waals surface area contributed by atoms with E-state index in [1.807, 2.05) is 36.4 Å². The first-order chi connectivity index (χ1) is 15.1. The number of morpholine rings is 1. The first kappa shape index (κ1) is 22.0. The number of carbonyl (C=O) groups excluding carboxylic acids is 2. The Morgan fingerprint density at radius 2 is 1.90 bits per heavy atom. The van der Waals surface area contributed by atoms with E-state index in [1.165, 1.54) is 0 Å². The highest BCUT2D eigenvalue weighted by atomic mass is 79.9. The molecule has 6 nitrogen and oxygen atoms in total. The van der Waals surface area contributed by atoms with Gasteiger partial charge in [0, 0.05) is 23.6 Å². The number of nitrogens with one attached hydrogen (secondary N) is 2. The summed E-state index contributed by atoms with van der Waals surface area (Å²) in [5.41, 5.74) is 2.16. The third-order valence-electron chi connectivity index (χ3n) is 5.87. The van der Waals surface area contributed by atoms with E-state index in [2.05, 4.69) is 31.5 Å². The number of para-hydroxylation sites is 1. The lowest BCUT2D eigenvalue weighted by Gasteiger charge is -2.32. The van der Waals surface area contributed by atoms with E-state index in [1.54, 1.807) is 12.1 Å². The Balaban J connectivity index is 1.36. The SMILES string of the molecule is O=C(CN1CCOC(c2cccc(Br)c2)C1)Nc1ccccc1C(=O)NC1CCCC1. The minimum absolute atomic E-state index is 0.0662. The highest BCUT2D eigenvalue weighted by molar-refractivity contribution is 9.10. The molecule has 2 amide bonds. The number of rotatable bonds is 6. The molecule has 1 aliphatic carbocycles. The summed E-state index contributed by atoms with van der Waals surface area (Å²) in [7, 11) is 0. The lowest BCUT2D eigenvalue weighted by molar-refractivity contribution is -0.119. The Hall–Kier alpha value is -2.22. The average Bonchev–Trinajstić information content (AvgIpc) is 3.27. The van der Waals surface area contributed by atoms with E-state index in [-0.39, 0.29) is 30.5 Å². The maximum Gasteiger partial charge on any atom is 0.253 e. The zero-order valence-corrected chi connectivity index (χ0v) is 19.1. The smallest absolute Gasteiger partial charge is 0.253 e. The van der Waals surface area contributed by atoms with Crippen molar-refractivity contribution in [3.05, 3.63) is 64.1 Å². The van der Waals surface area contributed by atoms with E-state index in [9.17, 15) is 9.59 Å². The van der Waals surface area contributed by atoms with Crippen molar-refractivity contribution in [2.75, 3.05) is 31.6 Å². The molecule has 1 saturated heterocycles. The summed E-state index contributed by atoms with van der Waals surface area (Å²) in [6.45, 7) is 2.17. The fourth-order valence-corrected chi connectivity index (χ4v) is 4.69. The fourth-order valence-electron chi connectivity index (χ4n) is 4.27. The lowest BCUT2D eigenvalue weighted by Crippen LogP contribution is -2.42. The van der Waals surface area contributed by atoms with Crippen LogP contribution in [0.15, 0.2) is 53.0 Å². The number of halogens is 1. The van der Waals surface area contributed by atoms with Gasteiger partial charge in [0.05, 0.1) is 30.5 Å². The third kappa shape index (κ3) is 5.93. The van der Waals surface area contributed by atoms with Crippen molar-refractivity contribution in [2.45, 2.75) is 37.8 Å². The van der Waals surface area contributed by atoms with Gasteiger partial charge in [-0.05, 0) is 42.7 Å². The summed E-state index contributed by atoms with van der Waals surface area (Å²) in [6, 6.07) is 15.5. The number of carbonyl (C=O) groups is 2. The van der Waals surface area contributed by atoms with Gasteiger partial charge in [0.25, 0.3) is 5.91 Å². The summed E-state index contributed by atoms with van der Waals surface area (Å²) < 4.78 is 6.93. The predicted molar refractivity (Wildman–Crippen MR) is 124 cm³/mol. The van der Waals surface area contributed by atoms with Crippen LogP contribution in [0.5, 0.6) is 0 Å². The van der Waals surface area contributed by atoms with Crippen LogP contribution < -0.4 is 10.6 Å². The molecule has 0 radical (unpaired) electrons. The van der Waals surface area contributed by atoms with Crippen LogP contribution in [0.3, 0.4) is 0 Å². The van der Waals surface area contributed by atoms with Crippen molar-refractivity contribution in [1.29, 1.82) is 0 Å². The zero-order chi connectivity index (χ0) is 21.6. The first-order valence-electron chi connectivity index (χ1n) is 10.9. The van der Waals surface area contributed by atoms with Crippen LogP contribution in [0, 0.1) is 0 Å². The normalized spacial score (nSPS) is 19.8. The third-order valence-corrected chi connectivity index (χ3v) is 6.37. The molecule has 2 N–H and O–H groups in total. The summed E-state index contributed by atoms with van der Waals surface area (Å²) in [5, 5.41) is 6.04. The molecule has 2 aromatic rings. The van der Waals surface area contributed by atoms with Crippen molar-refractivity contribution < 1.29 is 14.3 Å². The molecule has 1 heterocycles. The van der Waals surface area contributed by atoms with Crippen molar-refractivity contribution in [2.24, 2.45) is 0 Å². The number of ether oxygens (including phenoxy) is 1. The topological polar surface area (TPSA) is 70.7 Å². The second-order valence-electron chi connectivity index (χ2n) is 8.20. The van der Waals surface area contributed by atoms with E-state index >= 15 is 0 Å². The van der Waals surface area contributed by atoms with Gasteiger partial charge < -0.3 is 15.4 Å². The first-order valence-corrected chi connectivity index (χ1v) is 11.7. The molecule has 2 aromatic carbocycles. The number of amides is 2. The highest BCUT2D eigenvalue weighted by Gasteiger charge is 2.24. The maximum absolute atomic E-state index is 12.8. The van der Waals surface area contributed by atoms with Crippen LogP contribution >= 0.6 is 15.9 Å². The Morgan fingerprint density at radius 3 is 2.71 bits per heavy atom. The van der Waals surface area contributed by atoms with E-state index < -0.39 is 0 Å². The molecule has 164 valence electrons. The van der Waals surface area contributed by atoms with Crippen LogP contribution in [0.4, 0.5) is 5.69 Å². The van der Waals surface area contributed by atoms with Gasteiger partial charge in [0.1, 0.15) is 0 Å². The molecular weight excluding hydrogens is 458 g/mol. The molecule has 4 rings (SSSR count). The quantitative estimate of drug-likeness (QED) is 0.644. The number of hydrogen-bond acceptors (Lipinski definition) is 4. The van der Waals surface area contributed by atoms with E-state index in [0.717, 1.165) is 35.7 Å². The van der Waals surface area contributed by atoms with E-state index in [0.29, 0.717) is 30.9 Å². The molecule has 0 bridgehead atoms. The van der Waals surface area contributed by atoms with Gasteiger partial charge >= 0.3 is 0 Å². The average molecular weight is 486 g/mol. The zero-order valence-electron chi connectivity index (χ0n) is 17.5. The highest BCUT2D eigenvalue weighted by Crippen LogP contribution is 2.25. The van der Waals surface area contributed by atoms with Crippen molar-refractivity contribution in [3.8, 4) is 0 Å². The van der Waals surface area contributed by atoms with Crippen LogP contribution in [0.25, 0.3) is 0 Å². The Morgan fingerprint density at radius 1 is 1.10 bits per heavy atom. The number of nitrogens with zero attached hydrogens (tertiary/aromatic N) is 1. The molecule has 7 heteroatoms. The van der Waals surface area contributed by atoms with Crippen LogP contribution in [-0.2, 0) is 9.53 Å². The van der Waals surface area contributed by atoms with Crippen LogP contribution in [-0.4, -0.2) is 49.0 Å². The van der Waals surface area contributed by atoms with Gasteiger partial charge in [0.15, 0.2) is 0 Å². The van der Waals surface area contributed by atoms with Gasteiger partial charge in [-0.15, -0.1) is 0 Å². The molecule has 2 aliphatic rings. The van der Waals surface area contributed by atoms with Gasteiger partial charge in [0.2, 0.25) is 5.91 Å². The number of anilines is 1. The van der Waals surface area contributed by atoms with Gasteiger partial charge in [-0.1, -0.05) is 53.0 Å². The van der Waals surface area contributed by atoms with Gasteiger partial charge in [-0.3, -0.25) is 14.5 Å². The molecule has 31 heavy (non-hydrogen) atoms. The monoisotopic (exact) mass is 485 g/mol. The summed E-state index contributed by atoms with van der Waals surface area (Å²) in [4.78, 5) is 27.6. The Bertz CT molecular complexity index is 930. The Labute approximate surface area is 191 Å². The molecule has 1 atom stereocenters. The van der Waals surface area contributed by atoms with Crippen LogP contribution in [0.1, 0.15) is 47.7 Å². The van der Waals surface area contributed by atoms with Crippen molar-refractivity contribution in [1.82, 2.24) is 10.2 Å². The molecule has 1 unspecified atom stereocenters. The van der Waals surface area contributed by atoms with Gasteiger partial charge in [-0.25, -0.2) is 0 Å². The lowest BCUT2D eigenvalue weighted by atomic mass is 10.1. The number of benzene rings is 2. The molecule has 2 fully saturated rings. The van der Waals surface area contributed by atoms with Crippen LogP contribution in [0.2, 0.25) is 0 Å². The maximum atomic E-state index is 12.8. The molecule has 1 saturated carbocycles. The Kier molecular flexibility index (Phi) is 7.37. The van der Waals surface area contributed by atoms with Crippen molar-refractivity contribution >= 4 is 33.4 Å². The summed E-state index contributed by atoms with van der Waals surface area (Å²) >= 11 is 3.50. The minimum Gasteiger partial charge on any atom is -0.371 e. The predicted octanol–water partition coefficient (Wildman–Crippen LogP) is 4.13. The summed E-state index contributed by atoms with van der Waals surface area (Å²) in [6.07, 6.45) is 4.30. The number of hydrogen-bond donors (Lipinski definition) is 2. The molecule has 0 spiro atoms. The van der Waals surface area contributed by atoms with Gasteiger partial charge in [-0.2, -0.15) is 0 Å². The van der Waals surface area contributed by atoms with E-state index in [4.69, 9.17) is 4.74 Å². The molecular formula is C24H28BrN3O3. The molecule has 1 aliphatic heterocycles. The minimum atomic E-state index is -0.129. The second-order valence-corrected chi connectivity index (χ2v) is 9.11. The fraction of sp³-hybridized carbons (Fsp3) is 0.417. The largest absolute Gasteiger partial charge is 0.371 e. The standard InChI is InChI=1S/C24H28BrN3O3/c25-18-7-5-6-17(14-18)22-15-28(12-13-31-22)16-23(29)27-21-11-4-3-10-20(21)24(30)26-19-8-1-2-9-19/h3-7,10-11,14,19,22H,1-2,8-9,12-13,15-16H2,(H,26,30)(H,27,29). The molecule has 0 aromatic heterocycles.